The van der Waals surface area contributed by atoms with Crippen molar-refractivity contribution in [2.24, 2.45) is 5.92 Å². The van der Waals surface area contributed by atoms with Gasteiger partial charge in [-0.05, 0) is 40.4 Å². The first-order chi connectivity index (χ1) is 15.2. The fourth-order valence-electron chi connectivity index (χ4n) is 3.80. The van der Waals surface area contributed by atoms with Crippen LogP contribution >= 0.6 is 0 Å². The highest BCUT2D eigenvalue weighted by atomic mass is 16.5. The first-order valence-corrected chi connectivity index (χ1v) is 11.5. The number of aliphatic hydroxyl groups excluding tert-OH is 1. The molecule has 0 spiro atoms. The maximum atomic E-state index is 12.9. The Morgan fingerprint density at radius 2 is 2.12 bits per heavy atom. The second-order valence-corrected chi connectivity index (χ2v) is 9.16. The smallest absolute Gasteiger partial charge is 0.222 e. The van der Waals surface area contributed by atoms with Gasteiger partial charge in [0.25, 0.3) is 0 Å². The number of hydrogen-bond donors (Lipinski definition) is 1. The average molecular weight is 453 g/mol. The van der Waals surface area contributed by atoms with Crippen LogP contribution in [0, 0.1) is 5.92 Å². The zero-order valence-corrected chi connectivity index (χ0v) is 20.2. The molecule has 32 heavy (non-hydrogen) atoms. The highest BCUT2D eigenvalue weighted by molar-refractivity contribution is 5.76. The molecule has 182 valence electrons. The van der Waals surface area contributed by atoms with Gasteiger partial charge in [0.2, 0.25) is 11.8 Å². The third-order valence-electron chi connectivity index (χ3n) is 5.92. The van der Waals surface area contributed by atoms with E-state index in [0.29, 0.717) is 45.5 Å². The monoisotopic (exact) mass is 452 g/mol. The molecule has 1 aromatic rings. The number of rotatable bonds is 8. The quantitative estimate of drug-likeness (QED) is 0.616. The summed E-state index contributed by atoms with van der Waals surface area (Å²) < 4.78 is 7.93. The molecule has 0 aliphatic carbocycles. The molecule has 0 aromatic carbocycles. The van der Waals surface area contributed by atoms with Crippen molar-refractivity contribution in [2.45, 2.75) is 64.8 Å². The van der Waals surface area contributed by atoms with Gasteiger partial charge in [-0.15, -0.1) is 5.10 Å². The van der Waals surface area contributed by atoms with E-state index < -0.39 is 0 Å². The van der Waals surface area contributed by atoms with Gasteiger partial charge >= 0.3 is 0 Å². The van der Waals surface area contributed by atoms with Gasteiger partial charge < -0.3 is 24.5 Å². The Kier molecular flexibility index (Phi) is 10.5. The third-order valence-corrected chi connectivity index (χ3v) is 5.92. The van der Waals surface area contributed by atoms with Crippen LogP contribution in [-0.4, -0.2) is 106 Å². The average Bonchev–Trinajstić information content (AvgIpc) is 3.20. The Morgan fingerprint density at radius 3 is 2.81 bits per heavy atom. The van der Waals surface area contributed by atoms with Crippen molar-refractivity contribution in [3.8, 4) is 0 Å². The van der Waals surface area contributed by atoms with Gasteiger partial charge in [-0.25, -0.2) is 0 Å². The van der Waals surface area contributed by atoms with E-state index in [-0.39, 0.29) is 36.5 Å². The first-order valence-electron chi connectivity index (χ1n) is 11.5. The number of carbonyl (C=O) groups excluding carboxylic acids is 2. The molecule has 2 amide bonds. The van der Waals surface area contributed by atoms with Crippen LogP contribution in [0.1, 0.15) is 45.2 Å². The van der Waals surface area contributed by atoms with Gasteiger partial charge in [0.1, 0.15) is 5.69 Å². The van der Waals surface area contributed by atoms with Gasteiger partial charge in [0, 0.05) is 45.4 Å². The van der Waals surface area contributed by atoms with Crippen LogP contribution < -0.4 is 0 Å². The Hall–Kier alpha value is -2.04. The van der Waals surface area contributed by atoms with E-state index in [1.807, 2.05) is 34.1 Å². The lowest BCUT2D eigenvalue weighted by atomic mass is 10.0. The molecule has 2 rings (SSSR count). The molecular weight excluding hydrogens is 412 g/mol. The summed E-state index contributed by atoms with van der Waals surface area (Å²) in [5.74, 6) is 0.0406. The highest BCUT2D eigenvalue weighted by Gasteiger charge is 2.28. The number of aryl methyl sites for hydroxylation is 1. The van der Waals surface area contributed by atoms with Gasteiger partial charge in [0.05, 0.1) is 31.6 Å². The molecule has 10 heteroatoms. The standard InChI is InChI=1S/C22H40N6O4/c1-17-12-28(18(2)15-29)22(31)9-7-11-27-13-19(23-24-27)16-32-20(17)14-26(5)21(30)8-6-10-25(3)4/h13,17-18,20,29H,6-12,14-16H2,1-5H3/t17-,18-,20-/m1/s1. The molecule has 2 bridgehead atoms. The van der Waals surface area contributed by atoms with Crippen molar-refractivity contribution < 1.29 is 19.4 Å². The van der Waals surface area contributed by atoms with Gasteiger partial charge in [-0.2, -0.15) is 0 Å². The van der Waals surface area contributed by atoms with Crippen LogP contribution in [0.4, 0.5) is 0 Å². The predicted molar refractivity (Wildman–Crippen MR) is 121 cm³/mol. The van der Waals surface area contributed by atoms with Gasteiger partial charge in [0.15, 0.2) is 0 Å². The molecule has 0 radical (unpaired) electrons. The van der Waals surface area contributed by atoms with Crippen LogP contribution in [0.5, 0.6) is 0 Å². The molecule has 2 heterocycles. The number of likely N-dealkylation sites (N-methyl/N-ethyl adjacent to an activating group) is 1. The summed E-state index contributed by atoms with van der Waals surface area (Å²) in [7, 11) is 5.78. The summed E-state index contributed by atoms with van der Waals surface area (Å²) in [6.07, 6.45) is 3.87. The molecule has 1 aliphatic rings. The van der Waals surface area contributed by atoms with Crippen molar-refractivity contribution in [1.29, 1.82) is 0 Å². The van der Waals surface area contributed by atoms with Crippen molar-refractivity contribution in [3.63, 3.8) is 0 Å². The highest BCUT2D eigenvalue weighted by Crippen LogP contribution is 2.18. The second-order valence-electron chi connectivity index (χ2n) is 9.16. The summed E-state index contributed by atoms with van der Waals surface area (Å²) in [5.41, 5.74) is 0.730. The zero-order chi connectivity index (χ0) is 23.7. The lowest BCUT2D eigenvalue weighted by Gasteiger charge is -2.35. The minimum atomic E-state index is -0.287. The van der Waals surface area contributed by atoms with E-state index in [2.05, 4.69) is 15.2 Å². The first kappa shape index (κ1) is 26.2. The Labute approximate surface area is 191 Å². The lowest BCUT2D eigenvalue weighted by molar-refractivity contribution is -0.138. The van der Waals surface area contributed by atoms with Crippen LogP contribution in [0.3, 0.4) is 0 Å². The number of carbonyl (C=O) groups is 2. The second kappa shape index (κ2) is 12.9. The molecule has 0 saturated heterocycles. The molecule has 10 nitrogen and oxygen atoms in total. The van der Waals surface area contributed by atoms with Gasteiger partial charge in [-0.1, -0.05) is 12.1 Å². The Balaban J connectivity index is 2.13. The number of aromatic nitrogens is 3. The van der Waals surface area contributed by atoms with Crippen LogP contribution in [0.15, 0.2) is 6.20 Å². The number of ether oxygens (including phenoxy) is 1. The molecule has 1 N–H and O–H groups in total. The van der Waals surface area contributed by atoms with E-state index >= 15 is 0 Å². The molecule has 3 atom stereocenters. The summed E-state index contributed by atoms with van der Waals surface area (Å²) >= 11 is 0. The molecule has 0 fully saturated rings. The minimum Gasteiger partial charge on any atom is -0.394 e. The van der Waals surface area contributed by atoms with E-state index in [0.717, 1.165) is 18.7 Å². The van der Waals surface area contributed by atoms with E-state index in [1.165, 1.54) is 0 Å². The van der Waals surface area contributed by atoms with Gasteiger partial charge in [-0.3, -0.25) is 14.3 Å². The molecular formula is C22H40N6O4. The van der Waals surface area contributed by atoms with Crippen LogP contribution in [-0.2, 0) is 27.5 Å². The summed E-state index contributed by atoms with van der Waals surface area (Å²) in [6.45, 7) is 6.41. The molecule has 0 unspecified atom stereocenters. The summed E-state index contributed by atoms with van der Waals surface area (Å²) in [4.78, 5) is 31.0. The fraction of sp³-hybridized carbons (Fsp3) is 0.818. The minimum absolute atomic E-state index is 0.00449. The zero-order valence-electron chi connectivity index (χ0n) is 20.2. The van der Waals surface area contributed by atoms with E-state index in [1.54, 1.807) is 21.5 Å². The van der Waals surface area contributed by atoms with E-state index in [4.69, 9.17) is 4.74 Å². The predicted octanol–water partition coefficient (Wildman–Crippen LogP) is 0.603. The maximum Gasteiger partial charge on any atom is 0.222 e. The normalized spacial score (nSPS) is 21.6. The fourth-order valence-corrected chi connectivity index (χ4v) is 3.80. The number of aliphatic hydroxyl groups is 1. The van der Waals surface area contributed by atoms with E-state index in [9.17, 15) is 14.7 Å². The lowest BCUT2D eigenvalue weighted by Crippen LogP contribution is -2.47. The number of fused-ring (bicyclic) bond motifs is 2. The maximum absolute atomic E-state index is 12.9. The SMILES string of the molecule is C[C@@H]1CN([C@H](C)CO)C(=O)CCCn2cc(nn2)CO[C@@H]1CN(C)C(=O)CCCN(C)C. The number of hydrogen-bond acceptors (Lipinski definition) is 7. The van der Waals surface area contributed by atoms with Crippen molar-refractivity contribution in [1.82, 2.24) is 29.7 Å². The summed E-state index contributed by atoms with van der Waals surface area (Å²) in [5, 5.41) is 18.0. The largest absolute Gasteiger partial charge is 0.394 e. The molecule has 0 saturated carbocycles. The Morgan fingerprint density at radius 1 is 1.38 bits per heavy atom. The third kappa shape index (κ3) is 8.14. The van der Waals surface area contributed by atoms with Crippen molar-refractivity contribution in [3.05, 3.63) is 11.9 Å². The molecule has 1 aromatic heterocycles. The Bertz CT molecular complexity index is 725. The van der Waals surface area contributed by atoms with Crippen LogP contribution in [0.2, 0.25) is 0 Å². The number of nitrogens with zero attached hydrogens (tertiary/aromatic N) is 6. The van der Waals surface area contributed by atoms with Crippen LogP contribution in [0.25, 0.3) is 0 Å². The van der Waals surface area contributed by atoms with Crippen molar-refractivity contribution >= 4 is 11.8 Å². The number of amides is 2. The summed E-state index contributed by atoms with van der Waals surface area (Å²) in [6, 6.07) is -0.279. The topological polar surface area (TPSA) is 104 Å². The van der Waals surface area contributed by atoms with Crippen molar-refractivity contribution in [2.75, 3.05) is 47.4 Å². The molecule has 1 aliphatic heterocycles.